The van der Waals surface area contributed by atoms with E-state index in [1.54, 1.807) is 11.3 Å². The van der Waals surface area contributed by atoms with Crippen molar-refractivity contribution in [1.29, 1.82) is 0 Å². The second-order valence-corrected chi connectivity index (χ2v) is 7.80. The Kier molecular flexibility index (Phi) is 4.65. The second kappa shape index (κ2) is 7.07. The zero-order valence-corrected chi connectivity index (χ0v) is 15.4. The van der Waals surface area contributed by atoms with E-state index in [4.69, 9.17) is 4.42 Å². The van der Waals surface area contributed by atoms with Crippen LogP contribution in [0, 0.1) is 0 Å². The number of nitrogens with zero attached hydrogens (tertiary/aromatic N) is 4. The fourth-order valence-corrected chi connectivity index (χ4v) is 4.26. The molecule has 0 N–H and O–H groups in total. The van der Waals surface area contributed by atoms with Crippen LogP contribution in [0.1, 0.15) is 28.5 Å². The van der Waals surface area contributed by atoms with Crippen LogP contribution in [0.5, 0.6) is 0 Å². The third-order valence-corrected chi connectivity index (χ3v) is 6.13. The summed E-state index contributed by atoms with van der Waals surface area (Å²) in [5.74, 6) is 1.32. The third-order valence-electron chi connectivity index (χ3n) is 4.41. The topological polar surface area (TPSA) is 62.5 Å². The van der Waals surface area contributed by atoms with E-state index < -0.39 is 0 Å². The molecule has 4 rings (SSSR count). The van der Waals surface area contributed by atoms with Crippen LogP contribution in [0.25, 0.3) is 10.8 Å². The predicted octanol–water partition coefficient (Wildman–Crippen LogP) is 3.38. The van der Waals surface area contributed by atoms with Crippen molar-refractivity contribution in [2.45, 2.75) is 13.0 Å². The van der Waals surface area contributed by atoms with Gasteiger partial charge in [-0.15, -0.1) is 32.9 Å². The van der Waals surface area contributed by atoms with Crippen molar-refractivity contribution < 1.29 is 9.21 Å². The van der Waals surface area contributed by atoms with Crippen molar-refractivity contribution in [3.8, 4) is 10.8 Å². The highest BCUT2D eigenvalue weighted by molar-refractivity contribution is 7.13. The summed E-state index contributed by atoms with van der Waals surface area (Å²) in [6, 6.07) is 7.78. The molecule has 3 aromatic heterocycles. The Balaban J connectivity index is 1.38. The SMILES string of the molecule is CC(c1nnc(-c2cccs2)o1)N1CCN(C(=O)c2cccs2)CC1. The molecule has 4 heterocycles. The van der Waals surface area contributed by atoms with Gasteiger partial charge in [-0.3, -0.25) is 9.69 Å². The van der Waals surface area contributed by atoms with Gasteiger partial charge in [0, 0.05) is 26.2 Å². The van der Waals surface area contributed by atoms with Crippen molar-refractivity contribution in [2.75, 3.05) is 26.2 Å². The molecule has 0 bridgehead atoms. The first kappa shape index (κ1) is 16.4. The van der Waals surface area contributed by atoms with E-state index in [0.717, 1.165) is 22.8 Å². The maximum atomic E-state index is 12.4. The van der Waals surface area contributed by atoms with Crippen LogP contribution < -0.4 is 0 Å². The molecule has 1 aliphatic heterocycles. The lowest BCUT2D eigenvalue weighted by Gasteiger charge is -2.36. The van der Waals surface area contributed by atoms with E-state index in [2.05, 4.69) is 22.0 Å². The molecule has 130 valence electrons. The molecule has 0 aliphatic carbocycles. The van der Waals surface area contributed by atoms with Crippen molar-refractivity contribution in [3.05, 3.63) is 45.8 Å². The summed E-state index contributed by atoms with van der Waals surface area (Å²) in [4.78, 5) is 18.4. The molecule has 1 amide bonds. The highest BCUT2D eigenvalue weighted by atomic mass is 32.1. The largest absolute Gasteiger partial charge is 0.418 e. The van der Waals surface area contributed by atoms with Gasteiger partial charge in [-0.05, 0) is 29.8 Å². The Bertz CT molecular complexity index is 821. The molecule has 1 atom stereocenters. The number of piperazine rings is 1. The molecule has 1 saturated heterocycles. The molecular weight excluding hydrogens is 356 g/mol. The molecule has 0 radical (unpaired) electrons. The number of hydrogen-bond acceptors (Lipinski definition) is 7. The van der Waals surface area contributed by atoms with E-state index >= 15 is 0 Å². The fourth-order valence-electron chi connectivity index (χ4n) is 2.93. The van der Waals surface area contributed by atoms with E-state index in [0.29, 0.717) is 24.9 Å². The highest BCUT2D eigenvalue weighted by Crippen LogP contribution is 2.27. The van der Waals surface area contributed by atoms with Crippen molar-refractivity contribution >= 4 is 28.6 Å². The predicted molar refractivity (Wildman–Crippen MR) is 97.8 cm³/mol. The molecular formula is C17H18N4O2S2. The standard InChI is InChI=1S/C17H18N4O2S2/c1-12(15-18-19-16(23-15)13-4-2-10-24-13)20-6-8-21(9-7-20)17(22)14-5-3-11-25-14/h2-5,10-12H,6-9H2,1H3. The van der Waals surface area contributed by atoms with Gasteiger partial charge in [-0.25, -0.2) is 0 Å². The Labute approximate surface area is 153 Å². The van der Waals surface area contributed by atoms with Crippen LogP contribution in [0.4, 0.5) is 0 Å². The summed E-state index contributed by atoms with van der Waals surface area (Å²) in [6.07, 6.45) is 0. The molecule has 1 aliphatic rings. The molecule has 3 aromatic rings. The minimum atomic E-state index is 0.0419. The average Bonchev–Trinajstić information content (AvgIpc) is 3.42. The van der Waals surface area contributed by atoms with Gasteiger partial charge in [-0.1, -0.05) is 12.1 Å². The number of carbonyl (C=O) groups is 1. The second-order valence-electron chi connectivity index (χ2n) is 5.90. The van der Waals surface area contributed by atoms with E-state index in [1.165, 1.54) is 11.3 Å². The number of thiophene rings is 2. The quantitative estimate of drug-likeness (QED) is 0.701. The Hall–Kier alpha value is -2.03. The molecule has 0 aromatic carbocycles. The van der Waals surface area contributed by atoms with Gasteiger partial charge in [0.05, 0.1) is 15.8 Å². The van der Waals surface area contributed by atoms with Crippen molar-refractivity contribution in [3.63, 3.8) is 0 Å². The maximum absolute atomic E-state index is 12.4. The van der Waals surface area contributed by atoms with Crippen LogP contribution in [-0.4, -0.2) is 52.1 Å². The number of amides is 1. The summed E-state index contributed by atoms with van der Waals surface area (Å²) >= 11 is 3.08. The third kappa shape index (κ3) is 3.37. The minimum absolute atomic E-state index is 0.0419. The molecule has 1 unspecified atom stereocenters. The van der Waals surface area contributed by atoms with Crippen LogP contribution >= 0.6 is 22.7 Å². The first-order valence-corrected chi connectivity index (χ1v) is 9.92. The molecule has 0 spiro atoms. The summed E-state index contributed by atoms with van der Waals surface area (Å²) in [6.45, 7) is 5.10. The van der Waals surface area contributed by atoms with Gasteiger partial charge in [0.15, 0.2) is 0 Å². The lowest BCUT2D eigenvalue weighted by molar-refractivity contribution is 0.0563. The molecule has 0 saturated carbocycles. The molecule has 1 fully saturated rings. The molecule has 6 nitrogen and oxygen atoms in total. The molecule has 25 heavy (non-hydrogen) atoms. The normalized spacial score (nSPS) is 16.9. The molecule has 8 heteroatoms. The van der Waals surface area contributed by atoms with Gasteiger partial charge in [0.25, 0.3) is 11.8 Å². The van der Waals surface area contributed by atoms with Crippen LogP contribution in [0.2, 0.25) is 0 Å². The fraction of sp³-hybridized carbons (Fsp3) is 0.353. The minimum Gasteiger partial charge on any atom is -0.418 e. The van der Waals surface area contributed by atoms with Crippen LogP contribution in [0.15, 0.2) is 39.4 Å². The number of hydrogen-bond donors (Lipinski definition) is 0. The van der Waals surface area contributed by atoms with E-state index in [1.807, 2.05) is 39.9 Å². The zero-order chi connectivity index (χ0) is 17.2. The Morgan fingerprint density at radius 1 is 1.12 bits per heavy atom. The number of aromatic nitrogens is 2. The Morgan fingerprint density at radius 2 is 1.88 bits per heavy atom. The monoisotopic (exact) mass is 374 g/mol. The maximum Gasteiger partial charge on any atom is 0.264 e. The van der Waals surface area contributed by atoms with Crippen molar-refractivity contribution in [1.82, 2.24) is 20.0 Å². The van der Waals surface area contributed by atoms with Gasteiger partial charge < -0.3 is 9.32 Å². The van der Waals surface area contributed by atoms with Gasteiger partial charge >= 0.3 is 0 Å². The van der Waals surface area contributed by atoms with Crippen molar-refractivity contribution in [2.24, 2.45) is 0 Å². The summed E-state index contributed by atoms with van der Waals surface area (Å²) < 4.78 is 5.84. The average molecular weight is 374 g/mol. The van der Waals surface area contributed by atoms with Gasteiger partial charge in [0.1, 0.15) is 0 Å². The number of rotatable bonds is 4. The summed E-state index contributed by atoms with van der Waals surface area (Å²) in [7, 11) is 0. The van der Waals surface area contributed by atoms with Crippen LogP contribution in [-0.2, 0) is 0 Å². The highest BCUT2D eigenvalue weighted by Gasteiger charge is 2.28. The van der Waals surface area contributed by atoms with E-state index in [-0.39, 0.29) is 11.9 Å². The first-order valence-electron chi connectivity index (χ1n) is 8.16. The lowest BCUT2D eigenvalue weighted by atomic mass is 10.2. The number of carbonyl (C=O) groups excluding carboxylic acids is 1. The van der Waals surface area contributed by atoms with E-state index in [9.17, 15) is 4.79 Å². The Morgan fingerprint density at radius 3 is 2.56 bits per heavy atom. The summed E-state index contributed by atoms with van der Waals surface area (Å²) in [5.41, 5.74) is 0. The van der Waals surface area contributed by atoms with Gasteiger partial charge in [-0.2, -0.15) is 0 Å². The van der Waals surface area contributed by atoms with Gasteiger partial charge in [0.2, 0.25) is 5.89 Å². The first-order chi connectivity index (χ1) is 12.2. The summed E-state index contributed by atoms with van der Waals surface area (Å²) in [5, 5.41) is 12.3. The zero-order valence-electron chi connectivity index (χ0n) is 13.8. The lowest BCUT2D eigenvalue weighted by Crippen LogP contribution is -2.49. The van der Waals surface area contributed by atoms with Crippen LogP contribution in [0.3, 0.4) is 0 Å². The smallest absolute Gasteiger partial charge is 0.264 e.